The summed E-state index contributed by atoms with van der Waals surface area (Å²) >= 11 is 0. The number of hydrogen-bond donors (Lipinski definition) is 2. The van der Waals surface area contributed by atoms with Crippen LogP contribution in [-0.2, 0) is 4.65 Å². The molecule has 0 saturated heterocycles. The van der Waals surface area contributed by atoms with E-state index in [0.29, 0.717) is 11.8 Å². The lowest BCUT2D eigenvalue weighted by molar-refractivity contribution is -0.0223. The van der Waals surface area contributed by atoms with Gasteiger partial charge in [0.15, 0.2) is 0 Å². The van der Waals surface area contributed by atoms with Crippen molar-refractivity contribution in [1.29, 1.82) is 0 Å². The van der Waals surface area contributed by atoms with Crippen LogP contribution in [0.15, 0.2) is 180 Å². The van der Waals surface area contributed by atoms with Crippen LogP contribution >= 0.6 is 0 Å². The molecule has 0 bridgehead atoms. The zero-order valence-corrected chi connectivity index (χ0v) is 30.8. The largest absolute Gasteiger partial charge is 0.429 e. The summed E-state index contributed by atoms with van der Waals surface area (Å²) in [6.07, 6.45) is 16.8. The number of dihydropyridines is 1. The maximum Gasteiger partial charge on any atom is 0.330 e. The number of allylic oxidation sites excluding steroid dienone is 11. The summed E-state index contributed by atoms with van der Waals surface area (Å²) in [5.74, 6) is 0.933. The van der Waals surface area contributed by atoms with Gasteiger partial charge < -0.3 is 15.1 Å². The Morgan fingerprint density at radius 3 is 2.14 bits per heavy atom. The van der Waals surface area contributed by atoms with Crippen LogP contribution in [0, 0.1) is 5.92 Å². The van der Waals surface area contributed by atoms with Crippen LogP contribution in [0.4, 0.5) is 0 Å². The first-order chi connectivity index (χ1) is 24.6. The van der Waals surface area contributed by atoms with Crippen molar-refractivity contribution in [2.75, 3.05) is 0 Å². The predicted molar refractivity (Wildman–Crippen MR) is 215 cm³/mol. The summed E-state index contributed by atoms with van der Waals surface area (Å²) in [5, 5.41) is 14.2. The third-order valence-corrected chi connectivity index (χ3v) is 10.7. The molecule has 259 valence electrons. The van der Waals surface area contributed by atoms with Gasteiger partial charge in [-0.1, -0.05) is 134 Å². The molecular weight excluding hydrogens is 621 g/mol. The van der Waals surface area contributed by atoms with E-state index in [9.17, 15) is 5.11 Å². The van der Waals surface area contributed by atoms with Gasteiger partial charge in [0.1, 0.15) is 0 Å². The Labute approximate surface area is 306 Å². The molecule has 1 aliphatic heterocycles. The van der Waals surface area contributed by atoms with Crippen LogP contribution in [-0.4, -0.2) is 24.3 Å². The Morgan fingerprint density at radius 2 is 1.55 bits per heavy atom. The molecule has 1 saturated carbocycles. The first kappa shape index (κ1) is 36.2. The normalized spacial score (nSPS) is 22.6. The predicted octanol–water partition coefficient (Wildman–Crippen LogP) is 10.0. The second kappa shape index (κ2) is 15.7. The maximum absolute atomic E-state index is 10.3. The Bertz CT molecular complexity index is 1870. The standard InChI is InChI=1S/C47H51BNO2/c1-8-9-12-19-31(2)40(33(4)43-44(35-20-13-10-14-21-35)45(43)36-22-15-11-16-23-36)30-41-32(3)39-24-17-18-25-42(39)49-46(41)37-26-28-38(29-27-37)48-51-34(5)47(6,7)50/h8-16,18-23,25-30,34,43-46,49-50H,2,4,17,24H2,1,3,5-7H3/b9-8-,19-12-,40-30-. The molecule has 6 rings (SSSR count). The molecule has 0 aromatic heterocycles. The summed E-state index contributed by atoms with van der Waals surface area (Å²) in [5.41, 5.74) is 12.2. The monoisotopic (exact) mass is 672 g/mol. The van der Waals surface area contributed by atoms with Crippen molar-refractivity contribution in [3.8, 4) is 0 Å². The number of rotatable bonds is 13. The van der Waals surface area contributed by atoms with E-state index in [1.54, 1.807) is 21.3 Å². The van der Waals surface area contributed by atoms with Crippen molar-refractivity contribution in [3.05, 3.63) is 196 Å². The molecule has 1 heterocycles. The Balaban J connectivity index is 1.41. The number of hydrogen-bond acceptors (Lipinski definition) is 3. The Morgan fingerprint density at radius 1 is 0.922 bits per heavy atom. The highest BCUT2D eigenvalue weighted by atomic mass is 16.5. The van der Waals surface area contributed by atoms with Gasteiger partial charge in [-0.25, -0.2) is 0 Å². The van der Waals surface area contributed by atoms with Crippen molar-refractivity contribution in [2.45, 2.75) is 77.0 Å². The van der Waals surface area contributed by atoms with Crippen molar-refractivity contribution in [1.82, 2.24) is 5.32 Å². The first-order valence-corrected chi connectivity index (χ1v) is 18.3. The molecule has 0 amide bonds. The van der Waals surface area contributed by atoms with Crippen LogP contribution in [0.3, 0.4) is 0 Å². The molecule has 1 fully saturated rings. The highest BCUT2D eigenvalue weighted by Gasteiger charge is 2.53. The SMILES string of the molecule is C=C(/C=C\C=C/C)/C(=C/C1=C(C)C2=C(C=CCC2)NC1c1ccc([B]OC(C)C(C)(C)O)cc1)C(=C)C1C(c2ccccc2)C1c1ccccc1. The average molecular weight is 673 g/mol. The summed E-state index contributed by atoms with van der Waals surface area (Å²) in [4.78, 5) is 0. The molecule has 2 aliphatic carbocycles. The van der Waals surface area contributed by atoms with Gasteiger partial charge >= 0.3 is 7.48 Å². The van der Waals surface area contributed by atoms with Gasteiger partial charge in [0.2, 0.25) is 0 Å². The highest BCUT2D eigenvalue weighted by molar-refractivity contribution is 6.46. The molecule has 4 heteroatoms. The molecule has 51 heavy (non-hydrogen) atoms. The van der Waals surface area contributed by atoms with Crippen LogP contribution in [0.5, 0.6) is 0 Å². The van der Waals surface area contributed by atoms with Gasteiger partial charge in [0.05, 0.1) is 17.7 Å². The summed E-state index contributed by atoms with van der Waals surface area (Å²) in [6, 6.07) is 30.2. The molecule has 3 aromatic carbocycles. The minimum Gasteiger partial charge on any atom is -0.429 e. The molecule has 3 aliphatic rings. The van der Waals surface area contributed by atoms with Crippen molar-refractivity contribution in [2.24, 2.45) is 5.92 Å². The van der Waals surface area contributed by atoms with Crippen molar-refractivity contribution in [3.63, 3.8) is 0 Å². The quantitative estimate of drug-likeness (QED) is 0.140. The van der Waals surface area contributed by atoms with Gasteiger partial charge in [0, 0.05) is 5.70 Å². The van der Waals surface area contributed by atoms with E-state index in [1.165, 1.54) is 33.5 Å². The zero-order valence-electron chi connectivity index (χ0n) is 30.8. The fourth-order valence-corrected chi connectivity index (χ4v) is 7.41. The third-order valence-electron chi connectivity index (χ3n) is 10.7. The minimum absolute atomic E-state index is 0.0686. The van der Waals surface area contributed by atoms with Gasteiger partial charge in [-0.05, 0) is 127 Å². The second-order valence-corrected chi connectivity index (χ2v) is 14.6. The maximum atomic E-state index is 10.3. The van der Waals surface area contributed by atoms with E-state index >= 15 is 0 Å². The number of benzene rings is 3. The highest BCUT2D eigenvalue weighted by Crippen LogP contribution is 2.64. The van der Waals surface area contributed by atoms with E-state index < -0.39 is 5.60 Å². The summed E-state index contributed by atoms with van der Waals surface area (Å²) < 4.78 is 5.89. The average Bonchev–Trinajstić information content (AvgIpc) is 3.90. The minimum atomic E-state index is -0.929. The summed E-state index contributed by atoms with van der Waals surface area (Å²) in [6.45, 7) is 19.2. The van der Waals surface area contributed by atoms with E-state index in [2.05, 4.69) is 134 Å². The molecule has 3 aromatic rings. The lowest BCUT2D eigenvalue weighted by Crippen LogP contribution is -2.38. The van der Waals surface area contributed by atoms with Gasteiger partial charge in [-0.15, -0.1) is 0 Å². The fourth-order valence-electron chi connectivity index (χ4n) is 7.41. The first-order valence-electron chi connectivity index (χ1n) is 18.3. The smallest absolute Gasteiger partial charge is 0.330 e. The van der Waals surface area contributed by atoms with Gasteiger partial charge in [0.25, 0.3) is 0 Å². The van der Waals surface area contributed by atoms with Crippen molar-refractivity contribution < 1.29 is 9.76 Å². The lowest BCUT2D eigenvalue weighted by atomic mass is 9.80. The molecule has 2 N–H and O–H groups in total. The molecular formula is C47H51BNO2. The van der Waals surface area contributed by atoms with Crippen LogP contribution < -0.4 is 10.8 Å². The molecule has 0 spiro atoms. The second-order valence-electron chi connectivity index (χ2n) is 14.6. The lowest BCUT2D eigenvalue weighted by Gasteiger charge is -2.34. The third kappa shape index (κ3) is 8.14. The van der Waals surface area contributed by atoms with E-state index in [1.807, 2.05) is 26.0 Å². The fraction of sp³-hybridized carbons (Fsp3) is 0.277. The van der Waals surface area contributed by atoms with E-state index in [0.717, 1.165) is 40.6 Å². The molecule has 4 atom stereocenters. The van der Waals surface area contributed by atoms with Gasteiger partial charge in [-0.2, -0.15) is 0 Å². The van der Waals surface area contributed by atoms with Crippen LogP contribution in [0.2, 0.25) is 0 Å². The van der Waals surface area contributed by atoms with Gasteiger partial charge in [-0.3, -0.25) is 0 Å². The van der Waals surface area contributed by atoms with Crippen LogP contribution in [0.1, 0.15) is 82.0 Å². The molecule has 1 radical (unpaired) electrons. The van der Waals surface area contributed by atoms with E-state index in [4.69, 9.17) is 11.2 Å². The Kier molecular flexibility index (Phi) is 11.1. The molecule has 3 nitrogen and oxygen atoms in total. The molecule has 4 unspecified atom stereocenters. The van der Waals surface area contributed by atoms with Crippen LogP contribution in [0.25, 0.3) is 0 Å². The zero-order chi connectivity index (χ0) is 36.1. The number of nitrogens with one attached hydrogen (secondary N) is 1. The van der Waals surface area contributed by atoms with Crippen molar-refractivity contribution >= 4 is 12.9 Å². The topological polar surface area (TPSA) is 41.5 Å². The summed E-state index contributed by atoms with van der Waals surface area (Å²) in [7, 11) is 1.73. The Hall–Kier alpha value is -4.64. The number of aliphatic hydroxyl groups is 1. The van der Waals surface area contributed by atoms with E-state index in [-0.39, 0.29) is 18.1 Å².